The molecule has 1 aliphatic heterocycles. The second-order valence-corrected chi connectivity index (χ2v) is 9.50. The summed E-state index contributed by atoms with van der Waals surface area (Å²) in [5.74, 6) is -3.41. The fourth-order valence-corrected chi connectivity index (χ4v) is 5.47. The van der Waals surface area contributed by atoms with Crippen LogP contribution in [-0.4, -0.2) is 30.9 Å². The summed E-state index contributed by atoms with van der Waals surface area (Å²) in [5, 5.41) is 3.32. The molecule has 0 fully saturated rings. The van der Waals surface area contributed by atoms with Gasteiger partial charge in [0.1, 0.15) is 5.92 Å². The van der Waals surface area contributed by atoms with Crippen molar-refractivity contribution in [1.29, 1.82) is 0 Å². The second-order valence-electron chi connectivity index (χ2n) is 8.58. The van der Waals surface area contributed by atoms with Crippen LogP contribution in [0.1, 0.15) is 50.2 Å². The van der Waals surface area contributed by atoms with Crippen LogP contribution in [0.4, 0.5) is 0 Å². The Morgan fingerprint density at radius 3 is 2.34 bits per heavy atom. The molecule has 6 nitrogen and oxygen atoms in total. The van der Waals surface area contributed by atoms with Gasteiger partial charge in [-0.25, -0.2) is 4.79 Å². The van der Waals surface area contributed by atoms with Gasteiger partial charge in [-0.15, -0.1) is 0 Å². The first kappa shape index (κ1) is 24.9. The highest BCUT2D eigenvalue weighted by molar-refractivity contribution is 9.10. The van der Waals surface area contributed by atoms with Crippen molar-refractivity contribution in [2.75, 3.05) is 13.2 Å². The van der Waals surface area contributed by atoms with E-state index in [9.17, 15) is 14.4 Å². The molecular formula is C28H28BrNO5. The highest BCUT2D eigenvalue weighted by atomic mass is 79.9. The first-order valence-electron chi connectivity index (χ1n) is 11.8. The summed E-state index contributed by atoms with van der Waals surface area (Å²) in [5.41, 5.74) is 3.81. The van der Waals surface area contributed by atoms with Gasteiger partial charge < -0.3 is 14.8 Å². The van der Waals surface area contributed by atoms with E-state index in [1.807, 2.05) is 61.5 Å². The maximum atomic E-state index is 14.2. The van der Waals surface area contributed by atoms with Crippen LogP contribution in [0.2, 0.25) is 0 Å². The summed E-state index contributed by atoms with van der Waals surface area (Å²) < 4.78 is 11.6. The molecule has 1 N–H and O–H groups in total. The van der Waals surface area contributed by atoms with Crippen molar-refractivity contribution in [3.05, 3.63) is 92.7 Å². The number of ether oxygens (including phenoxy) is 2. The van der Waals surface area contributed by atoms with Crippen molar-refractivity contribution < 1.29 is 23.9 Å². The van der Waals surface area contributed by atoms with Gasteiger partial charge in [0.25, 0.3) is 0 Å². The average Bonchev–Trinajstić information content (AvgIpc) is 2.83. The van der Waals surface area contributed by atoms with Crippen molar-refractivity contribution in [3.63, 3.8) is 0 Å². The fourth-order valence-electron chi connectivity index (χ4n) is 5.05. The molecule has 1 aliphatic carbocycles. The molecule has 2 aromatic carbocycles. The van der Waals surface area contributed by atoms with Gasteiger partial charge >= 0.3 is 11.9 Å². The molecule has 1 heterocycles. The van der Waals surface area contributed by atoms with E-state index < -0.39 is 23.8 Å². The number of esters is 2. The number of carbonyl (C=O) groups is 3. The molecule has 0 saturated carbocycles. The Hall–Kier alpha value is -3.19. The minimum absolute atomic E-state index is 0.177. The highest BCUT2D eigenvalue weighted by Gasteiger charge is 2.49. The number of benzene rings is 2. The zero-order chi connectivity index (χ0) is 25.1. The van der Waals surface area contributed by atoms with Crippen LogP contribution in [0.25, 0.3) is 0 Å². The molecule has 0 radical (unpaired) electrons. The third-order valence-electron chi connectivity index (χ3n) is 6.46. The third kappa shape index (κ3) is 4.82. The summed E-state index contributed by atoms with van der Waals surface area (Å²) >= 11 is 3.51. The van der Waals surface area contributed by atoms with Crippen LogP contribution in [0.3, 0.4) is 0 Å². The van der Waals surface area contributed by atoms with E-state index in [-0.39, 0.29) is 24.9 Å². The predicted molar refractivity (Wildman–Crippen MR) is 135 cm³/mol. The lowest BCUT2D eigenvalue weighted by Crippen LogP contribution is -2.43. The Bertz CT molecular complexity index is 1220. The Balaban J connectivity index is 1.90. The van der Waals surface area contributed by atoms with Crippen LogP contribution in [0, 0.1) is 5.92 Å². The van der Waals surface area contributed by atoms with Crippen molar-refractivity contribution in [1.82, 2.24) is 5.32 Å². The Labute approximate surface area is 213 Å². The van der Waals surface area contributed by atoms with E-state index in [0.29, 0.717) is 23.3 Å². The molecule has 0 saturated heterocycles. The number of hydrogen-bond acceptors (Lipinski definition) is 6. The van der Waals surface area contributed by atoms with Crippen LogP contribution >= 0.6 is 15.9 Å². The topological polar surface area (TPSA) is 81.7 Å². The van der Waals surface area contributed by atoms with Gasteiger partial charge in [0.15, 0.2) is 5.78 Å². The van der Waals surface area contributed by atoms with Crippen LogP contribution in [0.5, 0.6) is 0 Å². The summed E-state index contributed by atoms with van der Waals surface area (Å²) in [4.78, 5) is 40.4. The molecule has 2 aliphatic rings. The Morgan fingerprint density at radius 2 is 1.69 bits per heavy atom. The SMILES string of the molecule is CCOC(=O)C1=C(C)NC2=C(C(=O)C(C(=O)OCC)C(c3ccccc3)C2)C1c1cccc(Br)c1. The van der Waals surface area contributed by atoms with Gasteiger partial charge in [0, 0.05) is 33.3 Å². The number of Topliss-reactive ketones (excluding diaryl/α,β-unsaturated/α-hetero) is 1. The van der Waals surface area contributed by atoms with Crippen LogP contribution < -0.4 is 5.32 Å². The van der Waals surface area contributed by atoms with Gasteiger partial charge in [0.05, 0.1) is 18.8 Å². The maximum absolute atomic E-state index is 14.2. The van der Waals surface area contributed by atoms with Crippen LogP contribution in [-0.2, 0) is 23.9 Å². The van der Waals surface area contributed by atoms with Crippen molar-refractivity contribution in [2.24, 2.45) is 5.92 Å². The minimum Gasteiger partial charge on any atom is -0.465 e. The number of nitrogens with one attached hydrogen (secondary N) is 1. The Kier molecular flexibility index (Phi) is 7.55. The van der Waals surface area contributed by atoms with Gasteiger partial charge in [-0.1, -0.05) is 58.4 Å². The second kappa shape index (κ2) is 10.6. The molecule has 0 bridgehead atoms. The number of carbonyl (C=O) groups excluding carboxylic acids is 3. The molecule has 35 heavy (non-hydrogen) atoms. The first-order valence-corrected chi connectivity index (χ1v) is 12.6. The van der Waals surface area contributed by atoms with E-state index >= 15 is 0 Å². The zero-order valence-electron chi connectivity index (χ0n) is 20.0. The predicted octanol–water partition coefficient (Wildman–Crippen LogP) is 5.16. The lowest BCUT2D eigenvalue weighted by molar-refractivity contribution is -0.152. The molecule has 182 valence electrons. The number of ketones is 1. The molecular weight excluding hydrogens is 510 g/mol. The van der Waals surface area contributed by atoms with Gasteiger partial charge in [-0.3, -0.25) is 9.59 Å². The van der Waals surface area contributed by atoms with E-state index in [1.54, 1.807) is 13.8 Å². The van der Waals surface area contributed by atoms with E-state index in [0.717, 1.165) is 21.3 Å². The summed E-state index contributed by atoms with van der Waals surface area (Å²) in [6.07, 6.45) is 0.437. The standard InChI is InChI=1S/C28H28BrNO5/c1-4-34-27(32)22-16(3)30-21-15-20(17-10-7-6-8-11-17)24(28(33)35-5-2)26(31)25(21)23(22)18-12-9-13-19(29)14-18/h6-14,20,23-24,30H,4-5,15H2,1-3H3. The van der Waals surface area contributed by atoms with Gasteiger partial charge in [-0.05, 0) is 50.5 Å². The zero-order valence-corrected chi connectivity index (χ0v) is 21.6. The maximum Gasteiger partial charge on any atom is 0.336 e. The quantitative estimate of drug-likeness (QED) is 0.404. The highest BCUT2D eigenvalue weighted by Crippen LogP contribution is 2.48. The monoisotopic (exact) mass is 537 g/mol. The van der Waals surface area contributed by atoms with Gasteiger partial charge in [-0.2, -0.15) is 0 Å². The van der Waals surface area contributed by atoms with E-state index in [4.69, 9.17) is 9.47 Å². The minimum atomic E-state index is -1.01. The molecule has 0 aromatic heterocycles. The number of hydrogen-bond donors (Lipinski definition) is 1. The van der Waals surface area contributed by atoms with Crippen molar-refractivity contribution in [3.8, 4) is 0 Å². The first-order chi connectivity index (χ1) is 16.9. The number of dihydropyridines is 1. The summed E-state index contributed by atoms with van der Waals surface area (Å²) in [7, 11) is 0. The van der Waals surface area contributed by atoms with E-state index in [2.05, 4.69) is 21.2 Å². The lowest BCUT2D eigenvalue weighted by atomic mass is 9.67. The molecule has 2 aromatic rings. The molecule has 7 heteroatoms. The van der Waals surface area contributed by atoms with Crippen molar-refractivity contribution >= 4 is 33.7 Å². The lowest BCUT2D eigenvalue weighted by Gasteiger charge is -2.39. The van der Waals surface area contributed by atoms with Gasteiger partial charge in [0.2, 0.25) is 0 Å². The number of halogens is 1. The third-order valence-corrected chi connectivity index (χ3v) is 6.96. The summed E-state index contributed by atoms with van der Waals surface area (Å²) in [6, 6.07) is 17.1. The normalized spacial score (nSPS) is 21.8. The number of allylic oxidation sites excluding steroid dienone is 3. The molecule has 0 spiro atoms. The Morgan fingerprint density at radius 1 is 1.00 bits per heavy atom. The fraction of sp³-hybridized carbons (Fsp3) is 0.321. The molecule has 4 rings (SSSR count). The largest absolute Gasteiger partial charge is 0.465 e. The average molecular weight is 538 g/mol. The summed E-state index contributed by atoms with van der Waals surface area (Å²) in [6.45, 7) is 5.68. The molecule has 0 amide bonds. The van der Waals surface area contributed by atoms with Crippen LogP contribution in [0.15, 0.2) is 81.6 Å². The van der Waals surface area contributed by atoms with E-state index in [1.165, 1.54) is 0 Å². The van der Waals surface area contributed by atoms with Crippen molar-refractivity contribution in [2.45, 2.75) is 39.0 Å². The molecule has 3 unspecified atom stereocenters. The smallest absolute Gasteiger partial charge is 0.336 e. The number of rotatable bonds is 6. The molecule has 3 atom stereocenters.